The Kier molecular flexibility index (Phi) is 3.04. The number of hydrogen-bond donors (Lipinski definition) is 0. The van der Waals surface area contributed by atoms with Gasteiger partial charge in [0.2, 0.25) is 0 Å². The lowest BCUT2D eigenvalue weighted by Crippen LogP contribution is -2.51. The molecule has 16 heavy (non-hydrogen) atoms. The van der Waals surface area contributed by atoms with E-state index in [4.69, 9.17) is 9.31 Å². The molecule has 1 aliphatic heterocycles. The van der Waals surface area contributed by atoms with Crippen molar-refractivity contribution in [3.63, 3.8) is 0 Å². The fraction of sp³-hybridized carbons (Fsp3) is 0.500. The maximum absolute atomic E-state index is 12.8. The first kappa shape index (κ1) is 11.6. The Balaban J connectivity index is 2.17. The average molecular weight is 222 g/mol. The predicted octanol–water partition coefficient (Wildman–Crippen LogP) is 2.12. The van der Waals surface area contributed by atoms with Crippen LogP contribution in [0, 0.1) is 5.82 Å². The summed E-state index contributed by atoms with van der Waals surface area (Å²) in [5.74, 6) is -0.244. The second kappa shape index (κ2) is 4.19. The molecule has 1 heterocycles. The Hall–Kier alpha value is -0.865. The SMILES string of the molecule is C[C@H]1CC(C)(C)OB(c2ccc(F)cc2)O1. The molecule has 2 nitrogen and oxygen atoms in total. The van der Waals surface area contributed by atoms with Gasteiger partial charge in [-0.2, -0.15) is 0 Å². The van der Waals surface area contributed by atoms with Gasteiger partial charge in [0.25, 0.3) is 0 Å². The Morgan fingerprint density at radius 1 is 1.31 bits per heavy atom. The Bertz CT molecular complexity index is 364. The van der Waals surface area contributed by atoms with E-state index in [1.54, 1.807) is 12.1 Å². The van der Waals surface area contributed by atoms with Gasteiger partial charge in [-0.15, -0.1) is 0 Å². The Labute approximate surface area is 95.9 Å². The molecule has 0 amide bonds. The van der Waals surface area contributed by atoms with Crippen molar-refractivity contribution in [1.82, 2.24) is 0 Å². The highest BCUT2D eigenvalue weighted by molar-refractivity contribution is 6.61. The summed E-state index contributed by atoms with van der Waals surface area (Å²) in [5, 5.41) is 0. The third-order valence-corrected chi connectivity index (χ3v) is 2.70. The van der Waals surface area contributed by atoms with Crippen LogP contribution in [0.3, 0.4) is 0 Å². The van der Waals surface area contributed by atoms with E-state index >= 15 is 0 Å². The zero-order valence-electron chi connectivity index (χ0n) is 9.87. The molecule has 1 aliphatic rings. The molecule has 2 rings (SSSR count). The van der Waals surface area contributed by atoms with Gasteiger partial charge in [-0.1, -0.05) is 12.1 Å². The molecular formula is C12H16BFO2. The summed E-state index contributed by atoms with van der Waals surface area (Å²) in [5.41, 5.74) is 0.664. The fourth-order valence-electron chi connectivity index (χ4n) is 2.08. The molecule has 0 bridgehead atoms. The van der Waals surface area contributed by atoms with Gasteiger partial charge in [-0.25, -0.2) is 4.39 Å². The molecule has 0 radical (unpaired) electrons. The van der Waals surface area contributed by atoms with Crippen LogP contribution < -0.4 is 5.46 Å². The minimum Gasteiger partial charge on any atom is -0.405 e. The van der Waals surface area contributed by atoms with E-state index in [9.17, 15) is 4.39 Å². The van der Waals surface area contributed by atoms with Gasteiger partial charge < -0.3 is 9.31 Å². The average Bonchev–Trinajstić information content (AvgIpc) is 2.15. The molecule has 1 aromatic carbocycles. The van der Waals surface area contributed by atoms with Crippen LogP contribution in [0.2, 0.25) is 0 Å². The van der Waals surface area contributed by atoms with Crippen LogP contribution in [-0.2, 0) is 9.31 Å². The van der Waals surface area contributed by atoms with Crippen molar-refractivity contribution >= 4 is 12.6 Å². The normalized spacial score (nSPS) is 24.5. The quantitative estimate of drug-likeness (QED) is 0.677. The number of hydrogen-bond acceptors (Lipinski definition) is 2. The largest absolute Gasteiger partial charge is 0.494 e. The van der Waals surface area contributed by atoms with Crippen LogP contribution in [0.25, 0.3) is 0 Å². The van der Waals surface area contributed by atoms with E-state index in [0.717, 1.165) is 11.9 Å². The number of halogens is 1. The molecular weight excluding hydrogens is 206 g/mol. The van der Waals surface area contributed by atoms with Crippen LogP contribution in [-0.4, -0.2) is 18.8 Å². The van der Waals surface area contributed by atoms with E-state index in [0.29, 0.717) is 0 Å². The van der Waals surface area contributed by atoms with Crippen LogP contribution in [0.4, 0.5) is 4.39 Å². The fourth-order valence-corrected chi connectivity index (χ4v) is 2.08. The lowest BCUT2D eigenvalue weighted by atomic mass is 9.75. The molecule has 4 heteroatoms. The van der Waals surface area contributed by atoms with E-state index in [-0.39, 0.29) is 24.6 Å². The van der Waals surface area contributed by atoms with Gasteiger partial charge in [0.05, 0.1) is 5.60 Å². The summed E-state index contributed by atoms with van der Waals surface area (Å²) in [4.78, 5) is 0. The number of rotatable bonds is 1. The molecule has 1 fully saturated rings. The summed E-state index contributed by atoms with van der Waals surface area (Å²) < 4.78 is 24.3. The van der Waals surface area contributed by atoms with Crippen LogP contribution in [0.1, 0.15) is 27.2 Å². The minimum absolute atomic E-state index is 0.152. The van der Waals surface area contributed by atoms with E-state index < -0.39 is 0 Å². The maximum Gasteiger partial charge on any atom is 0.494 e. The molecule has 0 spiro atoms. The van der Waals surface area contributed by atoms with Crippen LogP contribution >= 0.6 is 0 Å². The highest BCUT2D eigenvalue weighted by Crippen LogP contribution is 2.25. The van der Waals surface area contributed by atoms with E-state index in [1.165, 1.54) is 12.1 Å². The van der Waals surface area contributed by atoms with Gasteiger partial charge in [0.1, 0.15) is 5.82 Å². The summed E-state index contributed by atoms with van der Waals surface area (Å²) in [6.07, 6.45) is 1.02. The summed E-state index contributed by atoms with van der Waals surface area (Å²) in [7, 11) is -0.389. The van der Waals surface area contributed by atoms with Crippen LogP contribution in [0.15, 0.2) is 24.3 Å². The highest BCUT2D eigenvalue weighted by Gasteiger charge is 2.37. The van der Waals surface area contributed by atoms with Gasteiger partial charge in [-0.05, 0) is 44.8 Å². The molecule has 0 unspecified atom stereocenters. The van der Waals surface area contributed by atoms with Crippen molar-refractivity contribution in [2.75, 3.05) is 0 Å². The van der Waals surface area contributed by atoms with E-state index in [1.807, 2.05) is 20.8 Å². The van der Waals surface area contributed by atoms with Gasteiger partial charge >= 0.3 is 7.12 Å². The second-order valence-corrected chi connectivity index (χ2v) is 4.91. The first-order valence-corrected chi connectivity index (χ1v) is 5.55. The van der Waals surface area contributed by atoms with Crippen molar-refractivity contribution in [2.45, 2.75) is 38.9 Å². The van der Waals surface area contributed by atoms with Crippen molar-refractivity contribution < 1.29 is 13.7 Å². The van der Waals surface area contributed by atoms with Crippen molar-refractivity contribution in [2.24, 2.45) is 0 Å². The third kappa shape index (κ3) is 2.63. The first-order chi connectivity index (χ1) is 7.46. The van der Waals surface area contributed by atoms with Crippen molar-refractivity contribution in [1.29, 1.82) is 0 Å². The molecule has 0 saturated carbocycles. The zero-order chi connectivity index (χ0) is 11.8. The van der Waals surface area contributed by atoms with Gasteiger partial charge in [0.15, 0.2) is 0 Å². The van der Waals surface area contributed by atoms with Gasteiger partial charge in [0, 0.05) is 6.10 Å². The molecule has 0 aromatic heterocycles. The molecule has 1 aromatic rings. The topological polar surface area (TPSA) is 18.5 Å². The van der Waals surface area contributed by atoms with Crippen molar-refractivity contribution in [3.8, 4) is 0 Å². The van der Waals surface area contributed by atoms with E-state index in [2.05, 4.69) is 0 Å². The molecule has 0 aliphatic carbocycles. The van der Waals surface area contributed by atoms with Gasteiger partial charge in [-0.3, -0.25) is 0 Å². The smallest absolute Gasteiger partial charge is 0.405 e. The molecule has 1 saturated heterocycles. The summed E-state index contributed by atoms with van der Waals surface area (Å²) in [6.45, 7) is 6.12. The maximum atomic E-state index is 12.8. The Morgan fingerprint density at radius 3 is 2.50 bits per heavy atom. The monoisotopic (exact) mass is 222 g/mol. The standard InChI is InChI=1S/C12H16BFO2/c1-9-8-12(2,3)16-13(15-9)10-4-6-11(14)7-5-10/h4-7,9H,8H2,1-3H3/t9-/m0/s1. The lowest BCUT2D eigenvalue weighted by molar-refractivity contribution is -0.0229. The van der Waals surface area contributed by atoms with Crippen LogP contribution in [0.5, 0.6) is 0 Å². The summed E-state index contributed by atoms with van der Waals surface area (Å²) >= 11 is 0. The molecule has 86 valence electrons. The van der Waals surface area contributed by atoms with Crippen molar-refractivity contribution in [3.05, 3.63) is 30.1 Å². The molecule has 0 N–H and O–H groups in total. The Morgan fingerprint density at radius 2 is 1.94 bits per heavy atom. The number of benzene rings is 1. The molecule has 1 atom stereocenters. The minimum atomic E-state index is -0.389. The predicted molar refractivity (Wildman–Crippen MR) is 62.1 cm³/mol. The summed E-state index contributed by atoms with van der Waals surface area (Å²) in [6, 6.07) is 6.25. The zero-order valence-corrected chi connectivity index (χ0v) is 9.87. The first-order valence-electron chi connectivity index (χ1n) is 5.55. The second-order valence-electron chi connectivity index (χ2n) is 4.91. The highest BCUT2D eigenvalue weighted by atomic mass is 19.1. The third-order valence-electron chi connectivity index (χ3n) is 2.70. The lowest BCUT2D eigenvalue weighted by Gasteiger charge is -2.38.